The van der Waals surface area contributed by atoms with Crippen molar-refractivity contribution in [1.29, 1.82) is 0 Å². The Kier molecular flexibility index (Phi) is 15.6. The molecule has 0 aliphatic heterocycles. The highest BCUT2D eigenvalue weighted by Gasteiger charge is 2.20. The van der Waals surface area contributed by atoms with Gasteiger partial charge >= 0.3 is 7.25 Å². The topological polar surface area (TPSA) is 0 Å². The molecule has 0 rings (SSSR count). The molecule has 0 spiro atoms. The van der Waals surface area contributed by atoms with E-state index >= 15 is 0 Å². The monoisotopic (exact) mass is 289 g/mol. The molecule has 0 N–H and O–H groups in total. The molecule has 0 bridgehead atoms. The van der Waals surface area contributed by atoms with Crippen LogP contribution in [0.2, 0.25) is 0 Å². The normalized spacial score (nSPS) is 11.3. The molecule has 0 nitrogen and oxygen atoms in total. The van der Waals surface area contributed by atoms with E-state index in [0.29, 0.717) is 7.92 Å². The van der Waals surface area contributed by atoms with Crippen molar-refractivity contribution in [3.05, 3.63) is 0 Å². The van der Waals surface area contributed by atoms with E-state index in [9.17, 15) is 17.3 Å². The van der Waals surface area contributed by atoms with E-state index in [1.165, 1.54) is 38.5 Å². The summed E-state index contributed by atoms with van der Waals surface area (Å²) in [7, 11) is -5.58. The molecule has 1 radical (unpaired) electrons. The van der Waals surface area contributed by atoms with Crippen LogP contribution in [0.15, 0.2) is 0 Å². The van der Waals surface area contributed by atoms with Gasteiger partial charge in [0.1, 0.15) is 7.92 Å². The summed E-state index contributed by atoms with van der Waals surface area (Å²) in [5.41, 5.74) is 0. The Hall–Kier alpha value is 0.215. The Morgan fingerprint density at radius 3 is 1.06 bits per heavy atom. The summed E-state index contributed by atoms with van der Waals surface area (Å²) >= 11 is 0. The quantitative estimate of drug-likeness (QED) is 0.270. The molecule has 0 aliphatic carbocycles. The standard InChI is InChI=1S/C12H27P.BF4/c1-4-7-10-13(11-8-5-2)12-9-6-3;2-1(3,4)5/h4-12H2,1-3H3;/q+1;-1. The summed E-state index contributed by atoms with van der Waals surface area (Å²) in [5, 5.41) is 0. The zero-order valence-corrected chi connectivity index (χ0v) is 12.8. The largest absolute Gasteiger partial charge is 0.673 e. The molecule has 111 valence electrons. The van der Waals surface area contributed by atoms with Gasteiger partial charge in [0.15, 0.2) is 0 Å². The van der Waals surface area contributed by atoms with Crippen LogP contribution >= 0.6 is 7.92 Å². The van der Waals surface area contributed by atoms with Gasteiger partial charge in [0.25, 0.3) is 0 Å². The fourth-order valence-electron chi connectivity index (χ4n) is 1.48. The van der Waals surface area contributed by atoms with Crippen LogP contribution in [0.3, 0.4) is 0 Å². The van der Waals surface area contributed by atoms with E-state index < -0.39 is 7.25 Å². The maximum absolute atomic E-state index is 9.75. The second-order valence-electron chi connectivity index (χ2n) is 4.40. The van der Waals surface area contributed by atoms with Crippen LogP contribution in [0.4, 0.5) is 17.3 Å². The predicted molar refractivity (Wildman–Crippen MR) is 76.4 cm³/mol. The molecule has 0 fully saturated rings. The molecule has 0 heterocycles. The van der Waals surface area contributed by atoms with Crippen LogP contribution in [0.1, 0.15) is 59.3 Å². The van der Waals surface area contributed by atoms with Crippen molar-refractivity contribution >= 4 is 15.2 Å². The Labute approximate surface area is 111 Å². The second-order valence-corrected chi connectivity index (χ2v) is 7.08. The molecule has 0 amide bonds. The number of hydrogen-bond acceptors (Lipinski definition) is 0. The summed E-state index contributed by atoms with van der Waals surface area (Å²) in [5.74, 6) is 0. The van der Waals surface area contributed by atoms with E-state index in [-0.39, 0.29) is 0 Å². The van der Waals surface area contributed by atoms with Crippen LogP contribution in [-0.2, 0) is 0 Å². The molecule has 18 heavy (non-hydrogen) atoms. The lowest BCUT2D eigenvalue weighted by atomic mass is 10.3. The van der Waals surface area contributed by atoms with Crippen LogP contribution in [-0.4, -0.2) is 25.7 Å². The maximum atomic E-state index is 9.75. The first-order chi connectivity index (χ1) is 8.35. The maximum Gasteiger partial charge on any atom is 0.673 e. The van der Waals surface area contributed by atoms with Gasteiger partial charge in [0, 0.05) is 0 Å². The lowest BCUT2D eigenvalue weighted by Crippen LogP contribution is -2.02. The van der Waals surface area contributed by atoms with Crippen molar-refractivity contribution in [3.8, 4) is 0 Å². The Bertz CT molecular complexity index is 140. The third-order valence-electron chi connectivity index (χ3n) is 2.48. The molecule has 0 aromatic rings. The van der Waals surface area contributed by atoms with Crippen molar-refractivity contribution in [1.82, 2.24) is 0 Å². The predicted octanol–water partition coefficient (Wildman–Crippen LogP) is 6.17. The van der Waals surface area contributed by atoms with Crippen molar-refractivity contribution < 1.29 is 17.3 Å². The molecule has 0 saturated carbocycles. The van der Waals surface area contributed by atoms with Gasteiger partial charge in [-0.25, -0.2) is 0 Å². The molecular formula is C12H27BF4P. The molecule has 6 heteroatoms. The van der Waals surface area contributed by atoms with Gasteiger partial charge in [-0.3, -0.25) is 0 Å². The SMILES string of the molecule is CCCC[P+](CCCC)CCCC.F[B-](F)(F)F. The average molecular weight is 289 g/mol. The van der Waals surface area contributed by atoms with Gasteiger partial charge < -0.3 is 17.3 Å². The van der Waals surface area contributed by atoms with Gasteiger partial charge in [-0.15, -0.1) is 0 Å². The van der Waals surface area contributed by atoms with Crippen LogP contribution < -0.4 is 0 Å². The first-order valence-electron chi connectivity index (χ1n) is 6.94. The number of halogens is 4. The third kappa shape index (κ3) is 25.2. The van der Waals surface area contributed by atoms with Crippen molar-refractivity contribution in [2.75, 3.05) is 18.5 Å². The average Bonchev–Trinajstić information content (AvgIpc) is 2.26. The zero-order valence-electron chi connectivity index (χ0n) is 11.9. The van der Waals surface area contributed by atoms with E-state index in [1.54, 1.807) is 18.5 Å². The summed E-state index contributed by atoms with van der Waals surface area (Å²) in [4.78, 5) is 0. The second kappa shape index (κ2) is 13.6. The minimum atomic E-state index is -6.00. The van der Waals surface area contributed by atoms with Gasteiger partial charge in [0.2, 0.25) is 0 Å². The Morgan fingerprint density at radius 1 is 0.667 bits per heavy atom. The molecule has 0 aliphatic rings. The minimum absolute atomic E-state index is 0.422. The first-order valence-corrected chi connectivity index (χ1v) is 8.84. The van der Waals surface area contributed by atoms with Crippen LogP contribution in [0.25, 0.3) is 0 Å². The van der Waals surface area contributed by atoms with Crippen LogP contribution in [0.5, 0.6) is 0 Å². The summed E-state index contributed by atoms with van der Waals surface area (Å²) in [6.45, 7) is 6.94. The number of rotatable bonds is 9. The van der Waals surface area contributed by atoms with Gasteiger partial charge in [0.05, 0.1) is 18.5 Å². The van der Waals surface area contributed by atoms with Gasteiger partial charge in [-0.1, -0.05) is 40.0 Å². The molecule has 0 aromatic carbocycles. The first kappa shape index (κ1) is 20.5. The van der Waals surface area contributed by atoms with Gasteiger partial charge in [-0.2, -0.15) is 0 Å². The van der Waals surface area contributed by atoms with E-state index in [0.717, 1.165) is 0 Å². The highest BCUT2D eigenvalue weighted by atomic mass is 31.1. The fraction of sp³-hybridized carbons (Fsp3) is 1.00. The lowest BCUT2D eigenvalue weighted by Gasteiger charge is -2.04. The van der Waals surface area contributed by atoms with Crippen LogP contribution in [0, 0.1) is 0 Å². The smallest absolute Gasteiger partial charge is 0.418 e. The zero-order chi connectivity index (χ0) is 14.4. The van der Waals surface area contributed by atoms with Crippen molar-refractivity contribution in [2.24, 2.45) is 0 Å². The van der Waals surface area contributed by atoms with E-state index in [4.69, 9.17) is 0 Å². The molecule has 0 atom stereocenters. The van der Waals surface area contributed by atoms with Crippen molar-refractivity contribution in [3.63, 3.8) is 0 Å². The highest BCUT2D eigenvalue weighted by molar-refractivity contribution is 7.57. The molecular weight excluding hydrogens is 262 g/mol. The molecule has 0 saturated heterocycles. The van der Waals surface area contributed by atoms with E-state index in [1.807, 2.05) is 0 Å². The summed E-state index contributed by atoms with van der Waals surface area (Å²) < 4.78 is 39.0. The summed E-state index contributed by atoms with van der Waals surface area (Å²) in [6, 6.07) is 0. The molecule has 0 aromatic heterocycles. The fourth-order valence-corrected chi connectivity index (χ4v) is 4.44. The Morgan fingerprint density at radius 2 is 0.889 bits per heavy atom. The third-order valence-corrected chi connectivity index (χ3v) is 5.33. The minimum Gasteiger partial charge on any atom is -0.418 e. The summed E-state index contributed by atoms with van der Waals surface area (Å²) in [6.07, 6.45) is 13.2. The van der Waals surface area contributed by atoms with Crippen molar-refractivity contribution in [2.45, 2.75) is 59.3 Å². The van der Waals surface area contributed by atoms with E-state index in [2.05, 4.69) is 20.8 Å². The highest BCUT2D eigenvalue weighted by Crippen LogP contribution is 2.38. The Balaban J connectivity index is 0. The van der Waals surface area contributed by atoms with Gasteiger partial charge in [-0.05, 0) is 19.3 Å². The lowest BCUT2D eigenvalue weighted by molar-refractivity contribution is 0.368. The number of hydrogen-bond donors (Lipinski definition) is 0. The molecule has 0 unspecified atom stereocenters. The number of unbranched alkanes of at least 4 members (excludes halogenated alkanes) is 3.